The average Bonchev–Trinajstić information content (AvgIpc) is 2.71. The second kappa shape index (κ2) is 13.8. The third-order valence-corrected chi connectivity index (χ3v) is 4.79. The number of rotatable bonds is 8. The first kappa shape index (κ1) is 24.7. The van der Waals surface area contributed by atoms with Crippen LogP contribution >= 0.6 is 24.0 Å². The Hall–Kier alpha value is -1.35. The molecular formula is C21H34IN3O3. The van der Waals surface area contributed by atoms with Crippen molar-refractivity contribution in [1.82, 2.24) is 10.2 Å². The molecule has 1 N–H and O–H groups in total. The van der Waals surface area contributed by atoms with E-state index in [2.05, 4.69) is 34.3 Å². The summed E-state index contributed by atoms with van der Waals surface area (Å²) in [5.74, 6) is 0.688. The highest BCUT2D eigenvalue weighted by Gasteiger charge is 2.28. The van der Waals surface area contributed by atoms with E-state index in [4.69, 9.17) is 9.47 Å². The summed E-state index contributed by atoms with van der Waals surface area (Å²) in [5.41, 5.74) is 1.19. The van der Waals surface area contributed by atoms with Gasteiger partial charge in [0.15, 0.2) is 5.96 Å². The molecule has 158 valence electrons. The van der Waals surface area contributed by atoms with Crippen LogP contribution in [0.3, 0.4) is 0 Å². The Morgan fingerprint density at radius 1 is 1.36 bits per heavy atom. The predicted molar refractivity (Wildman–Crippen MR) is 123 cm³/mol. The van der Waals surface area contributed by atoms with Gasteiger partial charge in [-0.3, -0.25) is 9.79 Å². The van der Waals surface area contributed by atoms with Gasteiger partial charge in [-0.05, 0) is 38.7 Å². The predicted octanol–water partition coefficient (Wildman–Crippen LogP) is 3.62. The molecule has 0 saturated carbocycles. The minimum absolute atomic E-state index is 0. The van der Waals surface area contributed by atoms with Crippen molar-refractivity contribution < 1.29 is 14.3 Å². The van der Waals surface area contributed by atoms with E-state index in [1.165, 1.54) is 5.56 Å². The highest BCUT2D eigenvalue weighted by Crippen LogP contribution is 2.18. The Bertz CT molecular complexity index is 598. The largest absolute Gasteiger partial charge is 0.466 e. The fraction of sp³-hybridized carbons (Fsp3) is 0.619. The lowest BCUT2D eigenvalue weighted by molar-refractivity contribution is -0.149. The lowest BCUT2D eigenvalue weighted by Gasteiger charge is -2.34. The van der Waals surface area contributed by atoms with Gasteiger partial charge in [-0.15, -0.1) is 24.0 Å². The highest BCUT2D eigenvalue weighted by atomic mass is 127. The second-order valence-corrected chi connectivity index (χ2v) is 6.79. The number of nitrogens with zero attached hydrogens (tertiary/aromatic N) is 2. The van der Waals surface area contributed by atoms with Gasteiger partial charge in [-0.2, -0.15) is 0 Å². The van der Waals surface area contributed by atoms with Crippen LogP contribution in [-0.4, -0.2) is 56.7 Å². The molecule has 1 aliphatic heterocycles. The Morgan fingerprint density at radius 2 is 2.11 bits per heavy atom. The fourth-order valence-corrected chi connectivity index (χ4v) is 3.31. The highest BCUT2D eigenvalue weighted by molar-refractivity contribution is 14.0. The molecule has 1 aromatic carbocycles. The molecule has 1 heterocycles. The number of hydrogen-bond acceptors (Lipinski definition) is 4. The van der Waals surface area contributed by atoms with Crippen molar-refractivity contribution in [3.05, 3.63) is 35.9 Å². The number of piperidine rings is 1. The molecule has 1 aliphatic rings. The standard InChI is InChI=1S/C21H33N3O3.HI/c1-4-26-20(25)19-12-8-14-24(16-19)21(22-3)23-13-9-15-27-17(2)18-10-6-5-7-11-18;/h5-7,10-11,17,19H,4,8-9,12-16H2,1-3H3,(H,22,23);1H. The number of aliphatic imine (C=N–C) groups is 1. The fourth-order valence-electron chi connectivity index (χ4n) is 3.31. The summed E-state index contributed by atoms with van der Waals surface area (Å²) in [6, 6.07) is 10.2. The molecule has 0 spiro atoms. The second-order valence-electron chi connectivity index (χ2n) is 6.79. The van der Waals surface area contributed by atoms with Gasteiger partial charge in [0.25, 0.3) is 0 Å². The zero-order valence-corrected chi connectivity index (χ0v) is 19.6. The van der Waals surface area contributed by atoms with Crippen molar-refractivity contribution in [1.29, 1.82) is 0 Å². The van der Waals surface area contributed by atoms with Gasteiger partial charge in [0.1, 0.15) is 0 Å². The number of likely N-dealkylation sites (tertiary alicyclic amines) is 1. The first-order valence-electron chi connectivity index (χ1n) is 9.94. The molecule has 0 bridgehead atoms. The minimum atomic E-state index is -0.0963. The maximum Gasteiger partial charge on any atom is 0.310 e. The number of benzene rings is 1. The molecule has 2 atom stereocenters. The molecule has 1 aromatic rings. The number of halogens is 1. The zero-order chi connectivity index (χ0) is 19.5. The van der Waals surface area contributed by atoms with E-state index in [0.717, 1.165) is 38.3 Å². The Morgan fingerprint density at radius 3 is 2.79 bits per heavy atom. The Kier molecular flexibility index (Phi) is 12.1. The third-order valence-electron chi connectivity index (χ3n) is 4.79. The van der Waals surface area contributed by atoms with E-state index < -0.39 is 0 Å². The van der Waals surface area contributed by atoms with Gasteiger partial charge in [0.2, 0.25) is 0 Å². The van der Waals surface area contributed by atoms with E-state index in [1.807, 2.05) is 25.1 Å². The van der Waals surface area contributed by atoms with Crippen molar-refractivity contribution in [3.63, 3.8) is 0 Å². The molecule has 7 heteroatoms. The topological polar surface area (TPSA) is 63.2 Å². The molecule has 0 aromatic heterocycles. The number of esters is 1. The summed E-state index contributed by atoms with van der Waals surface area (Å²) < 4.78 is 11.1. The van der Waals surface area contributed by atoms with E-state index in [-0.39, 0.29) is 42.0 Å². The van der Waals surface area contributed by atoms with Crippen molar-refractivity contribution in [2.45, 2.75) is 39.2 Å². The normalized spacial score (nSPS) is 18.2. The number of nitrogens with one attached hydrogen (secondary N) is 1. The molecule has 28 heavy (non-hydrogen) atoms. The van der Waals surface area contributed by atoms with Gasteiger partial charge < -0.3 is 19.7 Å². The third kappa shape index (κ3) is 7.95. The molecule has 6 nitrogen and oxygen atoms in total. The van der Waals surface area contributed by atoms with Crippen molar-refractivity contribution >= 4 is 35.9 Å². The molecule has 0 amide bonds. The summed E-state index contributed by atoms with van der Waals surface area (Å²) in [6.07, 6.45) is 2.85. The van der Waals surface area contributed by atoms with E-state index in [1.54, 1.807) is 7.05 Å². The van der Waals surface area contributed by atoms with Crippen LogP contribution in [0.2, 0.25) is 0 Å². The van der Waals surface area contributed by atoms with Gasteiger partial charge in [-0.25, -0.2) is 0 Å². The Balaban J connectivity index is 0.00000392. The first-order chi connectivity index (χ1) is 13.2. The SMILES string of the molecule is CCOC(=O)C1CCCN(C(=NC)NCCCOC(C)c2ccccc2)C1.I. The molecule has 2 unspecified atom stereocenters. The number of carbonyl (C=O) groups excluding carboxylic acids is 1. The first-order valence-corrected chi connectivity index (χ1v) is 9.94. The number of guanidine groups is 1. The Labute approximate surface area is 186 Å². The number of hydrogen-bond donors (Lipinski definition) is 1. The lowest BCUT2D eigenvalue weighted by Crippen LogP contribution is -2.48. The molecule has 0 aliphatic carbocycles. The monoisotopic (exact) mass is 503 g/mol. The van der Waals surface area contributed by atoms with E-state index in [0.29, 0.717) is 19.8 Å². The minimum Gasteiger partial charge on any atom is -0.466 e. The van der Waals surface area contributed by atoms with Gasteiger partial charge in [0.05, 0.1) is 18.6 Å². The van der Waals surface area contributed by atoms with Crippen molar-refractivity contribution in [3.8, 4) is 0 Å². The van der Waals surface area contributed by atoms with Crippen LogP contribution in [0.4, 0.5) is 0 Å². The summed E-state index contributed by atoms with van der Waals surface area (Å²) in [4.78, 5) is 18.5. The average molecular weight is 503 g/mol. The quantitative estimate of drug-likeness (QED) is 0.193. The van der Waals surface area contributed by atoms with Gasteiger partial charge in [0, 0.05) is 33.3 Å². The van der Waals surface area contributed by atoms with Crippen LogP contribution in [0.25, 0.3) is 0 Å². The van der Waals surface area contributed by atoms with Crippen LogP contribution in [0, 0.1) is 5.92 Å². The molecule has 1 saturated heterocycles. The van der Waals surface area contributed by atoms with Crippen molar-refractivity contribution in [2.24, 2.45) is 10.9 Å². The van der Waals surface area contributed by atoms with Crippen LogP contribution < -0.4 is 5.32 Å². The van der Waals surface area contributed by atoms with Crippen LogP contribution in [0.1, 0.15) is 44.8 Å². The summed E-state index contributed by atoms with van der Waals surface area (Å²) >= 11 is 0. The molecule has 1 fully saturated rings. The maximum atomic E-state index is 12.0. The van der Waals surface area contributed by atoms with Crippen LogP contribution in [0.15, 0.2) is 35.3 Å². The molecule has 0 radical (unpaired) electrons. The van der Waals surface area contributed by atoms with E-state index in [9.17, 15) is 4.79 Å². The summed E-state index contributed by atoms with van der Waals surface area (Å²) in [6.45, 7) is 7.41. The van der Waals surface area contributed by atoms with Gasteiger partial charge >= 0.3 is 5.97 Å². The van der Waals surface area contributed by atoms with Crippen LogP contribution in [0.5, 0.6) is 0 Å². The van der Waals surface area contributed by atoms with Crippen LogP contribution in [-0.2, 0) is 14.3 Å². The van der Waals surface area contributed by atoms with Crippen molar-refractivity contribution in [2.75, 3.05) is 39.9 Å². The van der Waals surface area contributed by atoms with Gasteiger partial charge in [-0.1, -0.05) is 30.3 Å². The smallest absolute Gasteiger partial charge is 0.310 e. The zero-order valence-electron chi connectivity index (χ0n) is 17.2. The molecule has 2 rings (SSSR count). The summed E-state index contributed by atoms with van der Waals surface area (Å²) in [5, 5.41) is 3.39. The molecular weight excluding hydrogens is 469 g/mol. The van der Waals surface area contributed by atoms with E-state index >= 15 is 0 Å². The maximum absolute atomic E-state index is 12.0. The number of carbonyl (C=O) groups is 1. The summed E-state index contributed by atoms with van der Waals surface area (Å²) in [7, 11) is 1.78. The number of ether oxygens (including phenoxy) is 2. The lowest BCUT2D eigenvalue weighted by atomic mass is 9.98.